The van der Waals surface area contributed by atoms with E-state index in [0.29, 0.717) is 0 Å². The topological polar surface area (TPSA) is 47.0 Å². The van der Waals surface area contributed by atoms with E-state index in [9.17, 15) is 0 Å². The molecule has 1 unspecified atom stereocenters. The molecule has 1 atom stereocenters. The molecule has 0 bridgehead atoms. The molecule has 0 spiro atoms. The first-order chi connectivity index (χ1) is 8.75. The molecule has 1 saturated heterocycles. The zero-order chi connectivity index (χ0) is 12.4. The summed E-state index contributed by atoms with van der Waals surface area (Å²) in [6.07, 6.45) is 2.89. The molecule has 0 aliphatic carbocycles. The SMILES string of the molecule is CC1(NCc2cnc3ccccc3n2)CCOC1. The Balaban J connectivity index is 1.74. The fraction of sp³-hybridized carbons (Fsp3) is 0.429. The normalized spacial score (nSPS) is 23.6. The number of aromatic nitrogens is 2. The fourth-order valence-electron chi connectivity index (χ4n) is 2.19. The van der Waals surface area contributed by atoms with Crippen molar-refractivity contribution >= 4 is 11.0 Å². The Kier molecular flexibility index (Phi) is 2.97. The summed E-state index contributed by atoms with van der Waals surface area (Å²) < 4.78 is 5.42. The predicted molar refractivity (Wildman–Crippen MR) is 70.2 cm³/mol. The van der Waals surface area contributed by atoms with Crippen LogP contribution in [0.5, 0.6) is 0 Å². The number of nitrogens with zero attached hydrogens (tertiary/aromatic N) is 2. The van der Waals surface area contributed by atoms with Crippen molar-refractivity contribution in [1.82, 2.24) is 15.3 Å². The molecule has 0 radical (unpaired) electrons. The van der Waals surface area contributed by atoms with Crippen molar-refractivity contribution in [3.05, 3.63) is 36.2 Å². The average Bonchev–Trinajstić information content (AvgIpc) is 2.84. The van der Waals surface area contributed by atoms with Crippen molar-refractivity contribution < 1.29 is 4.74 Å². The molecule has 4 nitrogen and oxygen atoms in total. The third-order valence-corrected chi connectivity index (χ3v) is 3.41. The molecule has 1 N–H and O–H groups in total. The molecular weight excluding hydrogens is 226 g/mol. The van der Waals surface area contributed by atoms with E-state index in [2.05, 4.69) is 22.2 Å². The summed E-state index contributed by atoms with van der Waals surface area (Å²) in [4.78, 5) is 9.02. The molecule has 1 aliphatic heterocycles. The Morgan fingerprint density at radius 3 is 2.94 bits per heavy atom. The van der Waals surface area contributed by atoms with E-state index < -0.39 is 0 Å². The van der Waals surface area contributed by atoms with Crippen LogP contribution in [0, 0.1) is 0 Å². The second-order valence-electron chi connectivity index (χ2n) is 5.07. The highest BCUT2D eigenvalue weighted by molar-refractivity contribution is 5.73. The zero-order valence-corrected chi connectivity index (χ0v) is 10.5. The maximum atomic E-state index is 5.42. The van der Waals surface area contributed by atoms with Gasteiger partial charge in [0.1, 0.15) is 0 Å². The Morgan fingerprint density at radius 1 is 1.33 bits per heavy atom. The molecule has 0 saturated carbocycles. The molecule has 18 heavy (non-hydrogen) atoms. The minimum Gasteiger partial charge on any atom is -0.379 e. The quantitative estimate of drug-likeness (QED) is 0.894. The number of fused-ring (bicyclic) bond motifs is 1. The maximum absolute atomic E-state index is 5.42. The lowest BCUT2D eigenvalue weighted by molar-refractivity contribution is 0.171. The summed E-state index contributed by atoms with van der Waals surface area (Å²) in [5.41, 5.74) is 2.94. The molecule has 1 aliphatic rings. The lowest BCUT2D eigenvalue weighted by atomic mass is 10.0. The molecule has 1 aromatic carbocycles. The van der Waals surface area contributed by atoms with Crippen LogP contribution in [0.1, 0.15) is 19.0 Å². The highest BCUT2D eigenvalue weighted by Gasteiger charge is 2.28. The third-order valence-electron chi connectivity index (χ3n) is 3.41. The lowest BCUT2D eigenvalue weighted by Crippen LogP contribution is -2.42. The average molecular weight is 243 g/mol. The smallest absolute Gasteiger partial charge is 0.0890 e. The molecular formula is C14H17N3O. The highest BCUT2D eigenvalue weighted by atomic mass is 16.5. The van der Waals surface area contributed by atoms with Crippen molar-refractivity contribution in [3.63, 3.8) is 0 Å². The van der Waals surface area contributed by atoms with Gasteiger partial charge in [-0.15, -0.1) is 0 Å². The van der Waals surface area contributed by atoms with Crippen LogP contribution in [0.2, 0.25) is 0 Å². The van der Waals surface area contributed by atoms with Crippen molar-refractivity contribution in [2.75, 3.05) is 13.2 Å². The Labute approximate surface area is 106 Å². The van der Waals surface area contributed by atoms with Crippen LogP contribution in [-0.2, 0) is 11.3 Å². The van der Waals surface area contributed by atoms with Gasteiger partial charge in [0, 0.05) is 18.7 Å². The first kappa shape index (κ1) is 11.6. The summed E-state index contributed by atoms with van der Waals surface area (Å²) in [6, 6.07) is 7.93. The summed E-state index contributed by atoms with van der Waals surface area (Å²) in [5.74, 6) is 0. The minimum atomic E-state index is 0.0767. The van der Waals surface area contributed by atoms with Gasteiger partial charge in [-0.05, 0) is 25.5 Å². The molecule has 2 aromatic rings. The van der Waals surface area contributed by atoms with E-state index in [0.717, 1.165) is 42.9 Å². The molecule has 2 heterocycles. The zero-order valence-electron chi connectivity index (χ0n) is 10.5. The van der Waals surface area contributed by atoms with Crippen molar-refractivity contribution in [1.29, 1.82) is 0 Å². The van der Waals surface area contributed by atoms with Gasteiger partial charge in [-0.2, -0.15) is 0 Å². The summed E-state index contributed by atoms with van der Waals surface area (Å²) in [5, 5.41) is 3.51. The number of nitrogens with one attached hydrogen (secondary N) is 1. The number of ether oxygens (including phenoxy) is 1. The number of benzene rings is 1. The lowest BCUT2D eigenvalue weighted by Gasteiger charge is -2.23. The molecule has 0 amide bonds. The Morgan fingerprint density at radius 2 is 2.17 bits per heavy atom. The number of hydrogen-bond donors (Lipinski definition) is 1. The Bertz CT molecular complexity index is 549. The molecule has 3 rings (SSSR count). The fourth-order valence-corrected chi connectivity index (χ4v) is 2.19. The van der Waals surface area contributed by atoms with Gasteiger partial charge < -0.3 is 10.1 Å². The first-order valence-corrected chi connectivity index (χ1v) is 6.29. The van der Waals surface area contributed by atoms with E-state index in [1.54, 1.807) is 0 Å². The number of hydrogen-bond acceptors (Lipinski definition) is 4. The van der Waals surface area contributed by atoms with E-state index in [-0.39, 0.29) is 5.54 Å². The largest absolute Gasteiger partial charge is 0.379 e. The van der Waals surface area contributed by atoms with Crippen LogP contribution in [-0.4, -0.2) is 28.7 Å². The molecule has 1 fully saturated rings. The van der Waals surface area contributed by atoms with Gasteiger partial charge in [-0.25, -0.2) is 4.98 Å². The summed E-state index contributed by atoms with van der Waals surface area (Å²) in [7, 11) is 0. The van der Waals surface area contributed by atoms with E-state index in [4.69, 9.17) is 4.74 Å². The van der Waals surface area contributed by atoms with Gasteiger partial charge in [-0.3, -0.25) is 4.98 Å². The summed E-state index contributed by atoms with van der Waals surface area (Å²) >= 11 is 0. The van der Waals surface area contributed by atoms with E-state index in [1.165, 1.54) is 0 Å². The van der Waals surface area contributed by atoms with Crippen molar-refractivity contribution in [2.24, 2.45) is 0 Å². The first-order valence-electron chi connectivity index (χ1n) is 6.29. The van der Waals surface area contributed by atoms with E-state index in [1.807, 2.05) is 30.5 Å². The van der Waals surface area contributed by atoms with E-state index >= 15 is 0 Å². The monoisotopic (exact) mass is 243 g/mol. The highest BCUT2D eigenvalue weighted by Crippen LogP contribution is 2.18. The molecule has 94 valence electrons. The van der Waals surface area contributed by atoms with Gasteiger partial charge in [0.05, 0.1) is 29.5 Å². The minimum absolute atomic E-state index is 0.0767. The van der Waals surface area contributed by atoms with Gasteiger partial charge in [-0.1, -0.05) is 12.1 Å². The number of rotatable bonds is 3. The van der Waals surface area contributed by atoms with Crippen LogP contribution in [0.4, 0.5) is 0 Å². The number of para-hydroxylation sites is 2. The van der Waals surface area contributed by atoms with Crippen LogP contribution in [0.15, 0.2) is 30.5 Å². The second-order valence-corrected chi connectivity index (χ2v) is 5.07. The van der Waals surface area contributed by atoms with Gasteiger partial charge in [0.25, 0.3) is 0 Å². The third kappa shape index (κ3) is 2.35. The van der Waals surface area contributed by atoms with Crippen LogP contribution < -0.4 is 5.32 Å². The van der Waals surface area contributed by atoms with Gasteiger partial charge in [0.15, 0.2) is 0 Å². The summed E-state index contributed by atoms with van der Waals surface area (Å²) in [6.45, 7) is 4.53. The van der Waals surface area contributed by atoms with Crippen LogP contribution in [0.3, 0.4) is 0 Å². The molecule has 4 heteroatoms. The van der Waals surface area contributed by atoms with Crippen molar-refractivity contribution in [3.8, 4) is 0 Å². The van der Waals surface area contributed by atoms with Crippen LogP contribution in [0.25, 0.3) is 11.0 Å². The van der Waals surface area contributed by atoms with Crippen molar-refractivity contribution in [2.45, 2.75) is 25.4 Å². The standard InChI is InChI=1S/C14H17N3O/c1-14(6-7-18-10-14)16-9-11-8-15-12-4-2-3-5-13(12)17-11/h2-5,8,16H,6-7,9-10H2,1H3. The van der Waals surface area contributed by atoms with Gasteiger partial charge >= 0.3 is 0 Å². The Hall–Kier alpha value is -1.52. The maximum Gasteiger partial charge on any atom is 0.0890 e. The second kappa shape index (κ2) is 4.63. The molecule has 1 aromatic heterocycles. The van der Waals surface area contributed by atoms with Crippen LogP contribution >= 0.6 is 0 Å². The van der Waals surface area contributed by atoms with Gasteiger partial charge in [0.2, 0.25) is 0 Å². The predicted octanol–water partition coefficient (Wildman–Crippen LogP) is 1.90.